The molecule has 0 atom stereocenters. The molecule has 0 aliphatic rings. The summed E-state index contributed by atoms with van der Waals surface area (Å²) >= 11 is 6.06. The van der Waals surface area contributed by atoms with E-state index in [4.69, 9.17) is 21.4 Å². The number of rotatable bonds is 6. The van der Waals surface area contributed by atoms with Crippen molar-refractivity contribution in [3.8, 4) is 22.8 Å². The van der Waals surface area contributed by atoms with E-state index in [-0.39, 0.29) is 12.3 Å². The van der Waals surface area contributed by atoms with Crippen molar-refractivity contribution in [2.75, 3.05) is 0 Å². The summed E-state index contributed by atoms with van der Waals surface area (Å²) in [6, 6.07) is 19.2. The molecule has 0 amide bonds. The quantitative estimate of drug-likeness (QED) is 0.372. The van der Waals surface area contributed by atoms with E-state index in [0.717, 1.165) is 22.3 Å². The zero-order valence-electron chi connectivity index (χ0n) is 16.3. The minimum atomic E-state index is -0.964. The van der Waals surface area contributed by atoms with E-state index in [9.17, 15) is 9.90 Å². The first kappa shape index (κ1) is 19.9. The SMILES string of the molecule is Cc1cc(Cl)ccc1-c1cccc(COc2ccc3c(CC(=O)O)[nH]c(O)c3c2)c1. The van der Waals surface area contributed by atoms with Crippen molar-refractivity contribution in [2.45, 2.75) is 20.0 Å². The van der Waals surface area contributed by atoms with Gasteiger partial charge in [0.15, 0.2) is 5.88 Å². The Bertz CT molecular complexity index is 1250. The smallest absolute Gasteiger partial charge is 0.309 e. The minimum absolute atomic E-state index is 0.0630. The number of halogens is 1. The van der Waals surface area contributed by atoms with Gasteiger partial charge in [0.1, 0.15) is 12.4 Å². The van der Waals surface area contributed by atoms with Crippen LogP contribution in [0.1, 0.15) is 16.8 Å². The number of ether oxygens (including phenoxy) is 1. The fraction of sp³-hybridized carbons (Fsp3) is 0.125. The number of aromatic nitrogens is 1. The maximum absolute atomic E-state index is 11.0. The van der Waals surface area contributed by atoms with Crippen LogP contribution in [0.4, 0.5) is 0 Å². The van der Waals surface area contributed by atoms with Gasteiger partial charge in [-0.15, -0.1) is 0 Å². The zero-order chi connectivity index (χ0) is 21.3. The lowest BCUT2D eigenvalue weighted by Gasteiger charge is -2.10. The predicted molar refractivity (Wildman–Crippen MR) is 117 cm³/mol. The van der Waals surface area contributed by atoms with Gasteiger partial charge in [-0.05, 0) is 65.6 Å². The van der Waals surface area contributed by atoms with E-state index in [1.807, 2.05) is 43.3 Å². The van der Waals surface area contributed by atoms with Crippen LogP contribution in [0.5, 0.6) is 11.6 Å². The second-order valence-corrected chi connectivity index (χ2v) is 7.61. The number of H-pyrrole nitrogens is 1. The van der Waals surface area contributed by atoms with Crippen molar-refractivity contribution >= 4 is 28.3 Å². The standard InChI is InChI=1S/C24H20ClNO4/c1-14-9-17(25)5-7-19(14)16-4-2-3-15(10-16)13-30-18-6-8-20-21(11-18)24(29)26-22(20)12-23(27)28/h2-11,26,29H,12-13H2,1H3,(H,27,28). The second-order valence-electron chi connectivity index (χ2n) is 7.18. The molecule has 5 nitrogen and oxygen atoms in total. The Kier molecular flexibility index (Phi) is 5.38. The highest BCUT2D eigenvalue weighted by Gasteiger charge is 2.13. The number of fused-ring (bicyclic) bond motifs is 1. The Morgan fingerprint density at radius 3 is 2.67 bits per heavy atom. The van der Waals surface area contributed by atoms with Crippen molar-refractivity contribution in [3.05, 3.63) is 82.5 Å². The molecule has 0 spiro atoms. The summed E-state index contributed by atoms with van der Waals surface area (Å²) in [5.41, 5.74) is 4.78. The Morgan fingerprint density at radius 1 is 1.07 bits per heavy atom. The van der Waals surface area contributed by atoms with Crippen molar-refractivity contribution in [1.82, 2.24) is 4.98 Å². The third-order valence-electron chi connectivity index (χ3n) is 5.00. The lowest BCUT2D eigenvalue weighted by molar-refractivity contribution is -0.136. The van der Waals surface area contributed by atoms with E-state index in [1.54, 1.807) is 18.2 Å². The van der Waals surface area contributed by atoms with Crippen LogP contribution in [0.2, 0.25) is 5.02 Å². The van der Waals surface area contributed by atoms with Crippen LogP contribution in [0.25, 0.3) is 21.9 Å². The average Bonchev–Trinajstić information content (AvgIpc) is 3.01. The Hall–Kier alpha value is -3.44. The lowest BCUT2D eigenvalue weighted by atomic mass is 9.99. The number of benzene rings is 3. The topological polar surface area (TPSA) is 82.5 Å². The first-order chi connectivity index (χ1) is 14.4. The van der Waals surface area contributed by atoms with Crippen LogP contribution in [-0.2, 0) is 17.8 Å². The molecule has 0 saturated heterocycles. The van der Waals surface area contributed by atoms with Gasteiger partial charge >= 0.3 is 5.97 Å². The molecule has 6 heteroatoms. The summed E-state index contributed by atoms with van der Waals surface area (Å²) in [6.07, 6.45) is -0.186. The Morgan fingerprint density at radius 2 is 1.90 bits per heavy atom. The Labute approximate surface area is 178 Å². The number of carbonyl (C=O) groups is 1. The normalized spacial score (nSPS) is 11.0. The van der Waals surface area contributed by atoms with E-state index in [1.165, 1.54) is 0 Å². The van der Waals surface area contributed by atoms with Crippen LogP contribution in [0.15, 0.2) is 60.7 Å². The predicted octanol–water partition coefficient (Wildman–Crippen LogP) is 5.71. The molecule has 0 aliphatic heterocycles. The van der Waals surface area contributed by atoms with Crippen LogP contribution < -0.4 is 4.74 Å². The third kappa shape index (κ3) is 4.11. The van der Waals surface area contributed by atoms with Crippen molar-refractivity contribution in [1.29, 1.82) is 0 Å². The highest BCUT2D eigenvalue weighted by Crippen LogP contribution is 2.32. The molecule has 3 N–H and O–H groups in total. The number of aromatic amines is 1. The van der Waals surface area contributed by atoms with Crippen LogP contribution in [0, 0.1) is 6.92 Å². The molecule has 1 heterocycles. The molecule has 4 aromatic rings. The molecule has 1 aromatic heterocycles. The van der Waals surface area contributed by atoms with Gasteiger partial charge in [-0.3, -0.25) is 4.79 Å². The van der Waals surface area contributed by atoms with Gasteiger partial charge in [0.2, 0.25) is 0 Å². The average molecular weight is 422 g/mol. The molecular formula is C24H20ClNO4. The monoisotopic (exact) mass is 421 g/mol. The number of aromatic hydroxyl groups is 1. The number of aliphatic carboxylic acids is 1. The summed E-state index contributed by atoms with van der Waals surface area (Å²) in [5, 5.41) is 21.0. The summed E-state index contributed by atoms with van der Waals surface area (Å²) in [7, 11) is 0. The highest BCUT2D eigenvalue weighted by molar-refractivity contribution is 6.30. The largest absolute Gasteiger partial charge is 0.494 e. The highest BCUT2D eigenvalue weighted by atomic mass is 35.5. The number of aryl methyl sites for hydroxylation is 1. The fourth-order valence-corrected chi connectivity index (χ4v) is 3.81. The number of carboxylic acid groups (broad SMARTS) is 1. The second kappa shape index (κ2) is 8.13. The summed E-state index contributed by atoms with van der Waals surface area (Å²) < 4.78 is 5.92. The van der Waals surface area contributed by atoms with Gasteiger partial charge in [-0.1, -0.05) is 35.9 Å². The van der Waals surface area contributed by atoms with Gasteiger partial charge < -0.3 is 19.9 Å². The van der Waals surface area contributed by atoms with Gasteiger partial charge in [0.05, 0.1) is 6.42 Å². The van der Waals surface area contributed by atoms with Gasteiger partial charge in [0.25, 0.3) is 0 Å². The molecule has 3 aromatic carbocycles. The van der Waals surface area contributed by atoms with Crippen LogP contribution >= 0.6 is 11.6 Å². The molecule has 152 valence electrons. The molecule has 0 saturated carbocycles. The lowest BCUT2D eigenvalue weighted by Crippen LogP contribution is -2.00. The van der Waals surface area contributed by atoms with Crippen molar-refractivity contribution in [2.24, 2.45) is 0 Å². The molecule has 4 rings (SSSR count). The van der Waals surface area contributed by atoms with E-state index >= 15 is 0 Å². The molecule has 30 heavy (non-hydrogen) atoms. The molecule has 0 bridgehead atoms. The van der Waals surface area contributed by atoms with Gasteiger partial charge in [0, 0.05) is 21.5 Å². The number of hydrogen-bond donors (Lipinski definition) is 3. The number of hydrogen-bond acceptors (Lipinski definition) is 3. The molecule has 0 radical (unpaired) electrons. The first-order valence-electron chi connectivity index (χ1n) is 9.44. The first-order valence-corrected chi connectivity index (χ1v) is 9.82. The van der Waals surface area contributed by atoms with E-state index in [2.05, 4.69) is 11.1 Å². The van der Waals surface area contributed by atoms with E-state index in [0.29, 0.717) is 33.8 Å². The Balaban J connectivity index is 1.54. The van der Waals surface area contributed by atoms with Crippen LogP contribution in [-0.4, -0.2) is 21.2 Å². The van der Waals surface area contributed by atoms with Crippen molar-refractivity contribution in [3.63, 3.8) is 0 Å². The van der Waals surface area contributed by atoms with Crippen molar-refractivity contribution < 1.29 is 19.7 Å². The zero-order valence-corrected chi connectivity index (χ0v) is 17.0. The molecule has 0 aliphatic carbocycles. The van der Waals surface area contributed by atoms with Crippen LogP contribution in [0.3, 0.4) is 0 Å². The molecule has 0 fully saturated rings. The summed E-state index contributed by atoms with van der Waals surface area (Å²) in [5.74, 6) is -0.437. The summed E-state index contributed by atoms with van der Waals surface area (Å²) in [6.45, 7) is 2.39. The maximum Gasteiger partial charge on any atom is 0.309 e. The molecule has 0 unspecified atom stereocenters. The number of carboxylic acids is 1. The molecular weight excluding hydrogens is 402 g/mol. The summed E-state index contributed by atoms with van der Waals surface area (Å²) in [4.78, 5) is 13.7. The van der Waals surface area contributed by atoms with Gasteiger partial charge in [-0.25, -0.2) is 0 Å². The third-order valence-corrected chi connectivity index (χ3v) is 5.24. The fourth-order valence-electron chi connectivity index (χ4n) is 3.59. The van der Waals surface area contributed by atoms with E-state index < -0.39 is 5.97 Å². The maximum atomic E-state index is 11.0. The minimum Gasteiger partial charge on any atom is -0.494 e. The number of nitrogens with one attached hydrogen (secondary N) is 1. The van der Waals surface area contributed by atoms with Gasteiger partial charge in [-0.2, -0.15) is 0 Å².